The zero-order valence-corrected chi connectivity index (χ0v) is 31.5. The van der Waals surface area contributed by atoms with Crippen LogP contribution in [0, 0.1) is 35.5 Å². The molecule has 4 nitrogen and oxygen atoms in total. The Balaban J connectivity index is 0.000000147. The Morgan fingerprint density at radius 3 is 1.08 bits per heavy atom. The third kappa shape index (κ3) is 7.66. The van der Waals surface area contributed by atoms with Gasteiger partial charge in [-0.1, -0.05) is 0 Å². The van der Waals surface area contributed by atoms with E-state index in [4.69, 9.17) is 66.1 Å². The zero-order valence-electron chi connectivity index (χ0n) is 25.4. The van der Waals surface area contributed by atoms with Gasteiger partial charge in [0, 0.05) is 53.4 Å². The van der Waals surface area contributed by atoms with E-state index >= 15 is 0 Å². The van der Waals surface area contributed by atoms with Gasteiger partial charge in [-0.15, -0.1) is 9.39 Å². The van der Waals surface area contributed by atoms with Crippen molar-refractivity contribution in [1.29, 1.82) is 0 Å². The number of fused-ring (bicyclic) bond motifs is 10. The standard InChI is InChI=1S/2C14H25N2.6ClH.Ti/c2*1-13(2,3)16-12-10-7-6-9(8-10)11(12)14(4,5)15-16;;;;;;;/h2*9-12H,6-8H2,1-5H3;6*1H;/q2*+1;;;;;;;+4/p-6/t2*9-,10+,11+,12-;;;;;;;/m11......./s1. The van der Waals surface area contributed by atoms with Gasteiger partial charge in [-0.3, -0.25) is 0 Å². The average Bonchev–Trinajstić information content (AvgIpc) is 3.47. The molecular formula is C28H50Cl6N4Ti. The first-order chi connectivity index (χ1) is 17.1. The van der Waals surface area contributed by atoms with E-state index in [9.17, 15) is 0 Å². The summed E-state index contributed by atoms with van der Waals surface area (Å²) in [5.74, 6) is 5.43. The predicted molar refractivity (Wildman–Crippen MR) is 164 cm³/mol. The molecule has 0 N–H and O–H groups in total. The molecule has 4 fully saturated rings. The zero-order chi connectivity index (χ0) is 29.8. The molecule has 0 amide bonds. The van der Waals surface area contributed by atoms with E-state index in [1.165, 1.54) is 38.5 Å². The van der Waals surface area contributed by atoms with E-state index in [2.05, 4.69) is 78.6 Å². The van der Waals surface area contributed by atoms with Crippen LogP contribution in [0.25, 0.3) is 0 Å². The SMILES string of the molecule is CC1(C)N=[N+](C(C)(C)C)[C@@H]2[C@H]3CC[C@H](C3)[C@@H]21.CC1(C)N=[N+](C(C)(C)C)[C@@H]2[C@H]3CC[C@H](C3)[C@@H]21.[Cl][Ti-2]([Cl])([Cl])([Cl])([Cl])[Cl]. The predicted octanol–water partition coefficient (Wildman–Crippen LogP) is 11.0. The van der Waals surface area contributed by atoms with Crippen LogP contribution in [0.4, 0.5) is 0 Å². The van der Waals surface area contributed by atoms with Crippen molar-refractivity contribution < 1.29 is 17.1 Å². The fraction of sp³-hybridized carbons (Fsp3) is 1.00. The van der Waals surface area contributed by atoms with Crippen molar-refractivity contribution in [2.24, 2.45) is 45.7 Å². The Morgan fingerprint density at radius 2 is 0.821 bits per heavy atom. The molecule has 0 aromatic rings. The number of azo groups is 4. The Morgan fingerprint density at radius 1 is 0.564 bits per heavy atom. The molecule has 8 atom stereocenters. The Labute approximate surface area is 258 Å². The summed E-state index contributed by atoms with van der Waals surface area (Å²) in [6.07, 6.45) is 8.77. The number of halogens is 6. The molecule has 0 unspecified atom stereocenters. The second-order valence-electron chi connectivity index (χ2n) is 16.3. The summed E-state index contributed by atoms with van der Waals surface area (Å²) in [5, 5.41) is 10.1. The summed E-state index contributed by atoms with van der Waals surface area (Å²) in [6.45, 7) is 23.2. The van der Waals surface area contributed by atoms with Gasteiger partial charge >= 0.3 is 63.5 Å². The van der Waals surface area contributed by atoms with Crippen LogP contribution >= 0.6 is 55.8 Å². The molecule has 4 bridgehead atoms. The number of nitrogens with zero attached hydrogens (tertiary/aromatic N) is 4. The monoisotopic (exact) mass is 700 g/mol. The van der Waals surface area contributed by atoms with E-state index < -0.39 is 7.66 Å². The van der Waals surface area contributed by atoms with Gasteiger partial charge in [0.25, 0.3) is 0 Å². The van der Waals surface area contributed by atoms with Gasteiger partial charge < -0.3 is 0 Å². The van der Waals surface area contributed by atoms with Crippen molar-refractivity contribution in [1.82, 2.24) is 0 Å². The summed E-state index contributed by atoms with van der Waals surface area (Å²) in [6, 6.07) is 1.49. The third-order valence-corrected chi connectivity index (χ3v) is 10.0. The summed E-state index contributed by atoms with van der Waals surface area (Å²) in [4.78, 5) is 0. The van der Waals surface area contributed by atoms with Crippen LogP contribution in [0.1, 0.15) is 108 Å². The van der Waals surface area contributed by atoms with Gasteiger partial charge in [-0.2, -0.15) is 0 Å². The summed E-state index contributed by atoms with van der Waals surface area (Å²) in [7, 11) is 25.0. The Hall–Kier alpha value is 1.65. The van der Waals surface area contributed by atoms with Crippen molar-refractivity contribution in [3.63, 3.8) is 0 Å². The van der Waals surface area contributed by atoms with Crippen LogP contribution in [0.5, 0.6) is 0 Å². The molecule has 11 heteroatoms. The number of hydrogen-bond acceptors (Lipinski definition) is 2. The minimum atomic E-state index is -5.33. The van der Waals surface area contributed by atoms with Crippen molar-refractivity contribution >= 4 is 55.8 Å². The Bertz CT molecular complexity index is 970. The van der Waals surface area contributed by atoms with E-state index in [0.717, 1.165) is 47.6 Å². The third-order valence-electron chi connectivity index (χ3n) is 10.0. The first kappa shape index (κ1) is 33.5. The van der Waals surface area contributed by atoms with Crippen LogP contribution in [-0.2, 0) is 7.66 Å². The Kier molecular flexibility index (Phi) is 8.24. The van der Waals surface area contributed by atoms with Crippen molar-refractivity contribution in [3.05, 3.63) is 0 Å². The second kappa shape index (κ2) is 9.58. The molecule has 228 valence electrons. The first-order valence-corrected chi connectivity index (χ1v) is 27.7. The van der Waals surface area contributed by atoms with Crippen LogP contribution < -0.4 is 0 Å². The van der Waals surface area contributed by atoms with Gasteiger partial charge in [0.2, 0.25) is 0 Å². The topological polar surface area (TPSA) is 30.7 Å². The van der Waals surface area contributed by atoms with Gasteiger partial charge in [-0.05, 0) is 88.3 Å². The molecule has 4 aliphatic carbocycles. The fourth-order valence-corrected chi connectivity index (χ4v) is 9.23. The molecule has 0 spiro atoms. The van der Waals surface area contributed by atoms with Crippen LogP contribution in [0.2, 0.25) is 0 Å². The summed E-state index contributed by atoms with van der Waals surface area (Å²) >= 11 is 0. The average molecular weight is 703 g/mol. The molecule has 2 aliphatic heterocycles. The van der Waals surface area contributed by atoms with Crippen molar-refractivity contribution in [2.45, 2.75) is 142 Å². The molecule has 0 saturated heterocycles. The normalized spacial score (nSPS) is 40.8. The van der Waals surface area contributed by atoms with E-state index in [1.54, 1.807) is 0 Å². The van der Waals surface area contributed by atoms with Crippen molar-refractivity contribution in [2.75, 3.05) is 0 Å². The molecular weight excluding hydrogens is 653 g/mol. The number of rotatable bonds is 0. The maximum absolute atomic E-state index is 5.33. The molecule has 6 aliphatic rings. The summed E-state index contributed by atoms with van der Waals surface area (Å²) in [5.41, 5.74) is 0.748. The van der Waals surface area contributed by atoms with Crippen LogP contribution in [0.3, 0.4) is 0 Å². The van der Waals surface area contributed by atoms with Gasteiger partial charge in [0.1, 0.15) is 11.1 Å². The van der Waals surface area contributed by atoms with Gasteiger partial charge in [-0.25, -0.2) is 0 Å². The molecule has 4 saturated carbocycles. The maximum atomic E-state index is 5.06. The molecule has 0 aromatic heterocycles. The molecule has 6 rings (SSSR count). The van der Waals surface area contributed by atoms with E-state index in [-0.39, 0.29) is 22.2 Å². The van der Waals surface area contributed by atoms with E-state index in [0.29, 0.717) is 0 Å². The first-order valence-electron chi connectivity index (χ1n) is 14.8. The molecule has 39 heavy (non-hydrogen) atoms. The number of hydrogen-bond donors (Lipinski definition) is 0. The van der Waals surface area contributed by atoms with Gasteiger partial charge in [0.15, 0.2) is 23.2 Å². The fourth-order valence-electron chi connectivity index (χ4n) is 9.23. The molecule has 0 radical (unpaired) electrons. The molecule has 2 heterocycles. The second-order valence-corrected chi connectivity index (χ2v) is 55.0. The quantitative estimate of drug-likeness (QED) is 0.178. The minimum absolute atomic E-state index is 0.178. The van der Waals surface area contributed by atoms with Gasteiger partial charge in [0.05, 0.1) is 11.8 Å². The van der Waals surface area contributed by atoms with Crippen LogP contribution in [-0.4, -0.2) is 43.6 Å². The van der Waals surface area contributed by atoms with Crippen molar-refractivity contribution in [3.8, 4) is 0 Å². The van der Waals surface area contributed by atoms with E-state index in [1.807, 2.05) is 0 Å². The molecule has 0 aromatic carbocycles. The summed E-state index contributed by atoms with van der Waals surface area (Å²) < 4.78 is 4.92. The van der Waals surface area contributed by atoms with Crippen LogP contribution in [0.15, 0.2) is 10.2 Å².